The Balaban J connectivity index is 1.85. The number of hydrogen-bond acceptors (Lipinski definition) is 4. The molecular formula is C32H37N3O2. The lowest BCUT2D eigenvalue weighted by atomic mass is 9.75. The first-order chi connectivity index (χ1) is 18.0. The van der Waals surface area contributed by atoms with Crippen LogP contribution >= 0.6 is 0 Å². The van der Waals surface area contributed by atoms with Crippen LogP contribution in [0.1, 0.15) is 37.0 Å². The van der Waals surface area contributed by atoms with Crippen LogP contribution in [0.25, 0.3) is 0 Å². The maximum atomic E-state index is 12.3. The van der Waals surface area contributed by atoms with Crippen LogP contribution in [0.5, 0.6) is 0 Å². The van der Waals surface area contributed by atoms with Gasteiger partial charge in [0, 0.05) is 31.9 Å². The highest BCUT2D eigenvalue weighted by Crippen LogP contribution is 2.44. The van der Waals surface area contributed by atoms with Crippen LogP contribution in [0.3, 0.4) is 0 Å². The van der Waals surface area contributed by atoms with Gasteiger partial charge in [0.25, 0.3) is 5.91 Å². The fourth-order valence-electron chi connectivity index (χ4n) is 5.28. The number of nitrogens with one attached hydrogen (secondary N) is 1. The van der Waals surface area contributed by atoms with Gasteiger partial charge >= 0.3 is 0 Å². The van der Waals surface area contributed by atoms with Crippen LogP contribution in [0, 0.1) is 0 Å². The van der Waals surface area contributed by atoms with Crippen molar-refractivity contribution < 1.29 is 9.53 Å². The molecule has 1 aliphatic heterocycles. The van der Waals surface area contributed by atoms with Crippen molar-refractivity contribution in [2.24, 2.45) is 0 Å². The van der Waals surface area contributed by atoms with E-state index in [0.29, 0.717) is 12.1 Å². The topological polar surface area (TPSA) is 44.8 Å². The van der Waals surface area contributed by atoms with Gasteiger partial charge in [-0.3, -0.25) is 9.69 Å². The molecule has 1 heterocycles. The van der Waals surface area contributed by atoms with Crippen molar-refractivity contribution in [2.45, 2.75) is 38.1 Å². The smallest absolute Gasteiger partial charge is 0.252 e. The highest BCUT2D eigenvalue weighted by molar-refractivity contribution is 5.93. The lowest BCUT2D eigenvalue weighted by Crippen LogP contribution is -2.60. The molecule has 0 bridgehead atoms. The number of rotatable bonds is 9. The van der Waals surface area contributed by atoms with Crippen LogP contribution in [-0.4, -0.2) is 48.2 Å². The normalized spacial score (nSPS) is 18.7. The number of benzene rings is 3. The van der Waals surface area contributed by atoms with Gasteiger partial charge in [-0.2, -0.15) is 0 Å². The molecule has 2 atom stereocenters. The quantitative estimate of drug-likeness (QED) is 0.314. The van der Waals surface area contributed by atoms with Crippen molar-refractivity contribution in [1.29, 1.82) is 0 Å². The largest absolute Gasteiger partial charge is 0.354 e. The van der Waals surface area contributed by atoms with Crippen LogP contribution in [0.4, 0.5) is 0 Å². The number of hydrogen-bond donors (Lipinski definition) is 1. The summed E-state index contributed by atoms with van der Waals surface area (Å²) < 4.78 is 6.56. The highest BCUT2D eigenvalue weighted by atomic mass is 16.5. The van der Waals surface area contributed by atoms with Gasteiger partial charge in [0.15, 0.2) is 0 Å². The molecule has 0 spiro atoms. The van der Waals surface area contributed by atoms with Crippen molar-refractivity contribution in [3.8, 4) is 0 Å². The number of amides is 1. The van der Waals surface area contributed by atoms with Crippen LogP contribution in [0.2, 0.25) is 0 Å². The minimum Gasteiger partial charge on any atom is -0.354 e. The van der Waals surface area contributed by atoms with Crippen molar-refractivity contribution in [1.82, 2.24) is 15.1 Å². The molecule has 5 heteroatoms. The molecule has 3 aromatic rings. The Bertz CT molecular complexity index is 1100. The zero-order valence-electron chi connectivity index (χ0n) is 22.0. The van der Waals surface area contributed by atoms with E-state index in [4.69, 9.17) is 4.74 Å². The fourth-order valence-corrected chi connectivity index (χ4v) is 5.28. The second kappa shape index (κ2) is 12.0. The number of carbonyl (C=O) groups excluding carboxylic acids is 1. The number of morpholine rings is 1. The number of nitrogens with zero attached hydrogens (tertiary/aromatic N) is 2. The molecule has 1 aliphatic rings. The van der Waals surface area contributed by atoms with Crippen molar-refractivity contribution in [3.63, 3.8) is 0 Å². The van der Waals surface area contributed by atoms with E-state index in [1.807, 2.05) is 18.1 Å². The SMILES string of the molecule is C=CNC(=O)/C(C)=C\N(C)C1CN(C(c2ccccc2)(c2ccccc2)c2ccccc2)CC(CC)O1. The molecule has 1 amide bonds. The van der Waals surface area contributed by atoms with Crippen LogP contribution < -0.4 is 5.32 Å². The van der Waals surface area contributed by atoms with Gasteiger partial charge in [-0.05, 0) is 36.2 Å². The van der Waals surface area contributed by atoms with Gasteiger partial charge in [0.2, 0.25) is 0 Å². The summed E-state index contributed by atoms with van der Waals surface area (Å²) in [6, 6.07) is 32.2. The molecule has 0 saturated carbocycles. The minimum absolute atomic E-state index is 0.0346. The monoisotopic (exact) mass is 495 g/mol. The van der Waals surface area contributed by atoms with Gasteiger partial charge in [-0.1, -0.05) is 104 Å². The molecule has 1 N–H and O–H groups in total. The number of carbonyl (C=O) groups is 1. The third kappa shape index (κ3) is 5.53. The van der Waals surface area contributed by atoms with E-state index in [1.54, 1.807) is 6.92 Å². The molecule has 2 unspecified atom stereocenters. The van der Waals surface area contributed by atoms with E-state index in [0.717, 1.165) is 13.0 Å². The van der Waals surface area contributed by atoms with Gasteiger partial charge in [0.1, 0.15) is 6.23 Å². The van der Waals surface area contributed by atoms with E-state index >= 15 is 0 Å². The third-order valence-corrected chi connectivity index (χ3v) is 7.10. The average Bonchev–Trinajstić information content (AvgIpc) is 2.95. The molecule has 1 saturated heterocycles. The van der Waals surface area contributed by atoms with Crippen molar-refractivity contribution in [2.75, 3.05) is 20.1 Å². The molecular weight excluding hydrogens is 458 g/mol. The summed E-state index contributed by atoms with van der Waals surface area (Å²) in [5.74, 6) is -0.172. The van der Waals surface area contributed by atoms with E-state index in [9.17, 15) is 4.79 Å². The molecule has 4 rings (SSSR count). The Morgan fingerprint density at radius 3 is 1.89 bits per heavy atom. The predicted molar refractivity (Wildman–Crippen MR) is 150 cm³/mol. The summed E-state index contributed by atoms with van der Waals surface area (Å²) in [5.41, 5.74) is 3.71. The first-order valence-electron chi connectivity index (χ1n) is 12.9. The van der Waals surface area contributed by atoms with E-state index in [-0.39, 0.29) is 18.2 Å². The molecule has 0 aliphatic carbocycles. The fraction of sp³-hybridized carbons (Fsp3) is 0.281. The molecule has 3 aromatic carbocycles. The molecule has 5 nitrogen and oxygen atoms in total. The van der Waals surface area contributed by atoms with Crippen molar-refractivity contribution >= 4 is 5.91 Å². The third-order valence-electron chi connectivity index (χ3n) is 7.10. The number of ether oxygens (including phenoxy) is 1. The standard InChI is InChI=1S/C32H37N3O2/c1-5-29-23-35(24-30(37-29)34(4)22-25(3)31(36)33-6-2)32(26-16-10-7-11-17-26,27-18-12-8-13-19-27)28-20-14-9-15-21-28/h6-22,29-30H,2,5,23-24H2,1,3-4H3,(H,33,36)/b25-22-. The second-order valence-corrected chi connectivity index (χ2v) is 9.49. The Morgan fingerprint density at radius 2 is 1.46 bits per heavy atom. The maximum absolute atomic E-state index is 12.3. The van der Waals surface area contributed by atoms with E-state index in [2.05, 4.69) is 115 Å². The molecule has 0 radical (unpaired) electrons. The van der Waals surface area contributed by atoms with Gasteiger partial charge in [-0.15, -0.1) is 0 Å². The summed E-state index contributed by atoms with van der Waals surface area (Å²) >= 11 is 0. The van der Waals surface area contributed by atoms with E-state index in [1.165, 1.54) is 22.9 Å². The van der Waals surface area contributed by atoms with Gasteiger partial charge in [-0.25, -0.2) is 0 Å². The predicted octanol–water partition coefficient (Wildman–Crippen LogP) is 5.51. The van der Waals surface area contributed by atoms with Gasteiger partial charge in [0.05, 0.1) is 11.6 Å². The first kappa shape index (κ1) is 26.4. The zero-order chi connectivity index (χ0) is 26.3. The Kier molecular flexibility index (Phi) is 8.59. The molecule has 1 fully saturated rings. The second-order valence-electron chi connectivity index (χ2n) is 9.49. The summed E-state index contributed by atoms with van der Waals surface area (Å²) in [6.07, 6.45) is 3.94. The lowest BCUT2D eigenvalue weighted by Gasteiger charge is -2.51. The average molecular weight is 496 g/mol. The zero-order valence-corrected chi connectivity index (χ0v) is 22.0. The van der Waals surface area contributed by atoms with Crippen molar-refractivity contribution in [3.05, 3.63) is 132 Å². The maximum Gasteiger partial charge on any atom is 0.252 e. The molecule has 37 heavy (non-hydrogen) atoms. The molecule has 192 valence electrons. The Labute approximate surface area is 221 Å². The minimum atomic E-state index is -0.515. The van der Waals surface area contributed by atoms with Gasteiger partial charge < -0.3 is 15.0 Å². The summed E-state index contributed by atoms with van der Waals surface area (Å²) in [7, 11) is 1.97. The summed E-state index contributed by atoms with van der Waals surface area (Å²) in [6.45, 7) is 8.99. The highest BCUT2D eigenvalue weighted by Gasteiger charge is 2.46. The molecule has 0 aromatic heterocycles. The van der Waals surface area contributed by atoms with E-state index < -0.39 is 5.54 Å². The summed E-state index contributed by atoms with van der Waals surface area (Å²) in [4.78, 5) is 16.9. The van der Waals surface area contributed by atoms with Crippen LogP contribution in [0.15, 0.2) is 116 Å². The Hall–Kier alpha value is -3.67. The Morgan fingerprint density at radius 1 is 0.973 bits per heavy atom. The van der Waals surface area contributed by atoms with Crippen LogP contribution in [-0.2, 0) is 15.1 Å². The first-order valence-corrected chi connectivity index (χ1v) is 12.9. The summed E-state index contributed by atoms with van der Waals surface area (Å²) in [5, 5.41) is 2.65. The lowest BCUT2D eigenvalue weighted by molar-refractivity contribution is -0.149. The number of likely N-dealkylation sites (N-methyl/N-ethyl adjacent to an activating group) is 1.